The molecule has 1 atom stereocenters. The Morgan fingerprint density at radius 1 is 1.06 bits per heavy atom. The van der Waals surface area contributed by atoms with Gasteiger partial charge in [-0.3, -0.25) is 9.48 Å². The molecule has 4 rings (SSSR count). The van der Waals surface area contributed by atoms with E-state index >= 15 is 0 Å². The van der Waals surface area contributed by atoms with Crippen molar-refractivity contribution in [1.29, 1.82) is 0 Å². The number of hydrogen-bond donors (Lipinski definition) is 2. The Morgan fingerprint density at radius 2 is 1.70 bits per heavy atom. The maximum absolute atomic E-state index is 13.3. The number of amides is 1. The standard InChI is InChI=1S/C27H34N4O2/c1-20(24-12-8-5-9-13-24)29-27(14-16-33-17-15-27)19-28-26(32)25-21(2)30-31(22(25)3)18-23-10-6-4-7-11-23/h4-13,20,29H,14-19H2,1-3H3,(H,28,32). The molecule has 6 heteroatoms. The van der Waals surface area contributed by atoms with E-state index < -0.39 is 0 Å². The first kappa shape index (κ1) is 23.2. The number of nitrogens with zero attached hydrogens (tertiary/aromatic N) is 2. The molecular weight excluding hydrogens is 412 g/mol. The van der Waals surface area contributed by atoms with E-state index in [0.29, 0.717) is 31.9 Å². The predicted molar refractivity (Wildman–Crippen MR) is 130 cm³/mol. The molecule has 0 aliphatic carbocycles. The lowest BCUT2D eigenvalue weighted by atomic mass is 9.88. The Bertz CT molecular complexity index is 1060. The zero-order valence-electron chi connectivity index (χ0n) is 19.8. The van der Waals surface area contributed by atoms with Crippen LogP contribution in [0.25, 0.3) is 0 Å². The van der Waals surface area contributed by atoms with Crippen LogP contribution in [0.1, 0.15) is 58.7 Å². The highest BCUT2D eigenvalue weighted by Gasteiger charge is 2.35. The Morgan fingerprint density at radius 3 is 2.36 bits per heavy atom. The Balaban J connectivity index is 1.46. The second-order valence-corrected chi connectivity index (χ2v) is 9.04. The Hall–Kier alpha value is -2.96. The van der Waals surface area contributed by atoms with E-state index in [0.717, 1.165) is 29.8 Å². The third-order valence-electron chi connectivity index (χ3n) is 6.64. The molecular formula is C27H34N4O2. The van der Waals surface area contributed by atoms with Gasteiger partial charge >= 0.3 is 0 Å². The Kier molecular flexibility index (Phi) is 7.26. The highest BCUT2D eigenvalue weighted by Crippen LogP contribution is 2.25. The molecule has 3 aromatic rings. The van der Waals surface area contributed by atoms with E-state index in [1.54, 1.807) is 0 Å². The van der Waals surface area contributed by atoms with Crippen LogP contribution >= 0.6 is 0 Å². The molecule has 0 spiro atoms. The lowest BCUT2D eigenvalue weighted by Gasteiger charge is -2.40. The van der Waals surface area contributed by atoms with Crippen molar-refractivity contribution in [1.82, 2.24) is 20.4 Å². The lowest BCUT2D eigenvalue weighted by Crippen LogP contribution is -2.57. The summed E-state index contributed by atoms with van der Waals surface area (Å²) in [7, 11) is 0. The molecule has 1 unspecified atom stereocenters. The van der Waals surface area contributed by atoms with E-state index in [1.807, 2.05) is 42.8 Å². The van der Waals surface area contributed by atoms with Gasteiger partial charge in [0.2, 0.25) is 0 Å². The van der Waals surface area contributed by atoms with Crippen LogP contribution in [0.15, 0.2) is 60.7 Å². The largest absolute Gasteiger partial charge is 0.381 e. The van der Waals surface area contributed by atoms with Gasteiger partial charge in [-0.25, -0.2) is 0 Å². The number of hydrogen-bond acceptors (Lipinski definition) is 4. The van der Waals surface area contributed by atoms with Crippen molar-refractivity contribution in [3.8, 4) is 0 Å². The van der Waals surface area contributed by atoms with Gasteiger partial charge in [0.05, 0.1) is 17.8 Å². The highest BCUT2D eigenvalue weighted by molar-refractivity contribution is 5.96. The van der Waals surface area contributed by atoms with Gasteiger partial charge in [-0.05, 0) is 44.7 Å². The molecule has 2 N–H and O–H groups in total. The molecule has 1 saturated heterocycles. The van der Waals surface area contributed by atoms with Crippen molar-refractivity contribution in [2.75, 3.05) is 19.8 Å². The second-order valence-electron chi connectivity index (χ2n) is 9.04. The molecule has 1 fully saturated rings. The zero-order valence-corrected chi connectivity index (χ0v) is 19.8. The average molecular weight is 447 g/mol. The number of rotatable bonds is 8. The van der Waals surface area contributed by atoms with Gasteiger partial charge in [0.25, 0.3) is 5.91 Å². The van der Waals surface area contributed by atoms with E-state index in [9.17, 15) is 4.79 Å². The van der Waals surface area contributed by atoms with Gasteiger partial charge in [0.15, 0.2) is 0 Å². The number of ether oxygens (including phenoxy) is 1. The van der Waals surface area contributed by atoms with Crippen molar-refractivity contribution in [3.63, 3.8) is 0 Å². The summed E-state index contributed by atoms with van der Waals surface area (Å²) in [4.78, 5) is 13.3. The molecule has 1 amide bonds. The van der Waals surface area contributed by atoms with Crippen molar-refractivity contribution < 1.29 is 9.53 Å². The molecule has 2 heterocycles. The third kappa shape index (κ3) is 5.52. The van der Waals surface area contributed by atoms with Crippen LogP contribution < -0.4 is 10.6 Å². The SMILES string of the molecule is Cc1nn(Cc2ccccc2)c(C)c1C(=O)NCC1(NC(C)c2ccccc2)CCOCC1. The highest BCUT2D eigenvalue weighted by atomic mass is 16.5. The van der Waals surface area contributed by atoms with Crippen molar-refractivity contribution in [2.24, 2.45) is 0 Å². The summed E-state index contributed by atoms with van der Waals surface area (Å²) in [6, 6.07) is 20.8. The van der Waals surface area contributed by atoms with Gasteiger partial charge in [0.1, 0.15) is 0 Å². The summed E-state index contributed by atoms with van der Waals surface area (Å²) in [5.74, 6) is -0.0654. The fourth-order valence-electron chi connectivity index (χ4n) is 4.69. The lowest BCUT2D eigenvalue weighted by molar-refractivity contribution is 0.0332. The number of benzene rings is 2. The minimum Gasteiger partial charge on any atom is -0.381 e. The summed E-state index contributed by atoms with van der Waals surface area (Å²) >= 11 is 0. The van der Waals surface area contributed by atoms with Crippen molar-refractivity contribution in [3.05, 3.63) is 88.7 Å². The van der Waals surface area contributed by atoms with Crippen LogP contribution in [-0.2, 0) is 11.3 Å². The first-order valence-electron chi connectivity index (χ1n) is 11.7. The van der Waals surface area contributed by atoms with E-state index in [-0.39, 0.29) is 17.5 Å². The van der Waals surface area contributed by atoms with E-state index in [2.05, 4.69) is 59.1 Å². The first-order chi connectivity index (χ1) is 16.0. The van der Waals surface area contributed by atoms with E-state index in [4.69, 9.17) is 4.74 Å². The second kappa shape index (κ2) is 10.3. The van der Waals surface area contributed by atoms with Gasteiger partial charge in [-0.15, -0.1) is 0 Å². The molecule has 6 nitrogen and oxygen atoms in total. The minimum absolute atomic E-state index is 0.0654. The minimum atomic E-state index is -0.203. The summed E-state index contributed by atoms with van der Waals surface area (Å²) < 4.78 is 7.55. The van der Waals surface area contributed by atoms with Gasteiger partial charge in [-0.2, -0.15) is 5.10 Å². The maximum Gasteiger partial charge on any atom is 0.255 e. The van der Waals surface area contributed by atoms with Crippen LogP contribution in [0.2, 0.25) is 0 Å². The summed E-state index contributed by atoms with van der Waals surface area (Å²) in [5, 5.41) is 11.7. The molecule has 2 aromatic carbocycles. The number of nitrogens with one attached hydrogen (secondary N) is 2. The zero-order chi connectivity index (χ0) is 23.3. The van der Waals surface area contributed by atoms with Gasteiger partial charge in [-0.1, -0.05) is 60.7 Å². The summed E-state index contributed by atoms with van der Waals surface area (Å²) in [5.41, 5.74) is 4.52. The van der Waals surface area contributed by atoms with Crippen LogP contribution in [-0.4, -0.2) is 41.0 Å². The van der Waals surface area contributed by atoms with Gasteiger partial charge < -0.3 is 15.4 Å². The number of aromatic nitrogens is 2. The average Bonchev–Trinajstić information content (AvgIpc) is 3.12. The number of carbonyl (C=O) groups is 1. The molecule has 0 radical (unpaired) electrons. The molecule has 33 heavy (non-hydrogen) atoms. The van der Waals surface area contributed by atoms with Crippen LogP contribution in [0.4, 0.5) is 0 Å². The predicted octanol–water partition coefficient (Wildman–Crippen LogP) is 4.18. The number of carbonyl (C=O) groups excluding carboxylic acids is 1. The molecule has 1 aliphatic heterocycles. The fraction of sp³-hybridized carbons (Fsp3) is 0.407. The quantitative estimate of drug-likeness (QED) is 0.545. The van der Waals surface area contributed by atoms with Crippen LogP contribution in [0, 0.1) is 13.8 Å². The maximum atomic E-state index is 13.3. The molecule has 174 valence electrons. The number of aryl methyl sites for hydroxylation is 1. The summed E-state index contributed by atoms with van der Waals surface area (Å²) in [6.07, 6.45) is 1.71. The monoisotopic (exact) mass is 446 g/mol. The van der Waals surface area contributed by atoms with Crippen LogP contribution in [0.5, 0.6) is 0 Å². The normalized spacial score (nSPS) is 16.3. The summed E-state index contributed by atoms with van der Waals surface area (Å²) in [6.45, 7) is 8.64. The fourth-order valence-corrected chi connectivity index (χ4v) is 4.69. The molecule has 0 bridgehead atoms. The van der Waals surface area contributed by atoms with E-state index in [1.165, 1.54) is 5.56 Å². The molecule has 1 aromatic heterocycles. The third-order valence-corrected chi connectivity index (χ3v) is 6.64. The smallest absolute Gasteiger partial charge is 0.255 e. The van der Waals surface area contributed by atoms with Crippen molar-refractivity contribution in [2.45, 2.75) is 51.7 Å². The van der Waals surface area contributed by atoms with Crippen LogP contribution in [0.3, 0.4) is 0 Å². The van der Waals surface area contributed by atoms with Crippen molar-refractivity contribution >= 4 is 5.91 Å². The first-order valence-corrected chi connectivity index (χ1v) is 11.7. The molecule has 0 saturated carbocycles. The Labute approximate surface area is 196 Å². The topological polar surface area (TPSA) is 68.2 Å². The van der Waals surface area contributed by atoms with Gasteiger partial charge in [0, 0.05) is 37.0 Å². The molecule has 1 aliphatic rings.